The molecule has 3 N–H and O–H groups in total. The van der Waals surface area contributed by atoms with Crippen LogP contribution in [0, 0.1) is 11.3 Å². The second-order valence-electron chi connectivity index (χ2n) is 6.63. The van der Waals surface area contributed by atoms with E-state index in [0.717, 1.165) is 34.9 Å². The number of para-hydroxylation sites is 3. The summed E-state index contributed by atoms with van der Waals surface area (Å²) in [4.78, 5) is 0. The Morgan fingerprint density at radius 1 is 1.03 bits per heavy atom. The van der Waals surface area contributed by atoms with Crippen LogP contribution in [0.5, 0.6) is 11.5 Å². The van der Waals surface area contributed by atoms with Gasteiger partial charge >= 0.3 is 0 Å². The Labute approximate surface area is 184 Å². The van der Waals surface area contributed by atoms with Crippen LogP contribution in [0.4, 0.5) is 17.1 Å². The minimum Gasteiger partial charge on any atom is -0.493 e. The fourth-order valence-corrected chi connectivity index (χ4v) is 2.76. The molecule has 5 nitrogen and oxygen atoms in total. The molecule has 0 aliphatic carbocycles. The van der Waals surface area contributed by atoms with Crippen molar-refractivity contribution in [1.82, 2.24) is 0 Å². The van der Waals surface area contributed by atoms with Crippen LogP contribution >= 0.6 is 0 Å². The first kappa shape index (κ1) is 23.4. The highest BCUT2D eigenvalue weighted by Gasteiger charge is 2.07. The molecule has 0 radical (unpaired) electrons. The van der Waals surface area contributed by atoms with Gasteiger partial charge in [0.1, 0.15) is 0 Å². The van der Waals surface area contributed by atoms with Crippen molar-refractivity contribution in [3.63, 3.8) is 0 Å². The largest absolute Gasteiger partial charge is 0.493 e. The highest BCUT2D eigenvalue weighted by Crippen LogP contribution is 2.32. The number of hydrogen-bond donors (Lipinski definition) is 2. The van der Waals surface area contributed by atoms with Crippen molar-refractivity contribution in [1.29, 1.82) is 5.26 Å². The van der Waals surface area contributed by atoms with Gasteiger partial charge in [-0.15, -0.1) is 0 Å². The number of anilines is 3. The Morgan fingerprint density at radius 2 is 1.77 bits per heavy atom. The third kappa shape index (κ3) is 7.13. The highest BCUT2D eigenvalue weighted by molar-refractivity contribution is 5.72. The van der Waals surface area contributed by atoms with Crippen molar-refractivity contribution in [2.24, 2.45) is 0 Å². The summed E-state index contributed by atoms with van der Waals surface area (Å²) in [6.07, 6.45) is 5.01. The van der Waals surface area contributed by atoms with Crippen molar-refractivity contribution in [3.05, 3.63) is 83.9 Å². The van der Waals surface area contributed by atoms with Gasteiger partial charge in [-0.2, -0.15) is 5.26 Å². The molecule has 0 saturated heterocycles. The lowest BCUT2D eigenvalue weighted by atomic mass is 10.1. The van der Waals surface area contributed by atoms with Gasteiger partial charge in [0.05, 0.1) is 36.7 Å². The van der Waals surface area contributed by atoms with Crippen LogP contribution in [0.25, 0.3) is 6.08 Å². The standard InChI is InChI=1S/C13H11N3.C13H18O2/c14-9-10-5-7-11(8-6-10)16-13-4-2-1-3-12(13)15;1-4-7-11-8-6-9-12(14-3)13(11)15-10-5-2/h1-8,16H,15H2;4,6-9H,5,10H2,1-3H3/b;7-4+. The number of nitrogens with one attached hydrogen (secondary N) is 1. The second-order valence-corrected chi connectivity index (χ2v) is 6.63. The van der Waals surface area contributed by atoms with Crippen LogP contribution in [0.3, 0.4) is 0 Å². The van der Waals surface area contributed by atoms with Gasteiger partial charge < -0.3 is 20.5 Å². The zero-order chi connectivity index (χ0) is 22.5. The molecule has 0 bridgehead atoms. The quantitative estimate of drug-likeness (QED) is 0.436. The first-order chi connectivity index (χ1) is 15.1. The summed E-state index contributed by atoms with van der Waals surface area (Å²) >= 11 is 0. The predicted molar refractivity (Wildman–Crippen MR) is 129 cm³/mol. The Balaban J connectivity index is 0.000000221. The number of ether oxygens (including phenoxy) is 2. The minimum absolute atomic E-state index is 0.645. The summed E-state index contributed by atoms with van der Waals surface area (Å²) in [5.41, 5.74) is 10.00. The molecule has 0 aliphatic heterocycles. The summed E-state index contributed by atoms with van der Waals surface area (Å²) in [5, 5.41) is 11.9. The van der Waals surface area contributed by atoms with Crippen LogP contribution in [0.15, 0.2) is 72.8 Å². The molecule has 0 amide bonds. The maximum atomic E-state index is 8.67. The number of methoxy groups -OCH3 is 1. The summed E-state index contributed by atoms with van der Waals surface area (Å²) < 4.78 is 11.0. The lowest BCUT2D eigenvalue weighted by Gasteiger charge is -2.12. The fraction of sp³-hybridized carbons (Fsp3) is 0.192. The number of hydrogen-bond acceptors (Lipinski definition) is 5. The number of nitrogens with two attached hydrogens (primary N) is 1. The van der Waals surface area contributed by atoms with E-state index < -0.39 is 0 Å². The fourth-order valence-electron chi connectivity index (χ4n) is 2.76. The van der Waals surface area contributed by atoms with Crippen LogP contribution in [0.2, 0.25) is 0 Å². The molecule has 0 spiro atoms. The van der Waals surface area contributed by atoms with Crippen molar-refractivity contribution >= 4 is 23.1 Å². The van der Waals surface area contributed by atoms with Gasteiger partial charge in [-0.3, -0.25) is 0 Å². The minimum atomic E-state index is 0.645. The molecule has 3 aromatic rings. The molecule has 0 aliphatic rings. The first-order valence-corrected chi connectivity index (χ1v) is 10.2. The van der Waals surface area contributed by atoms with E-state index in [4.69, 9.17) is 20.5 Å². The Bertz CT molecular complexity index is 1020. The Hall–Kier alpha value is -3.91. The van der Waals surface area contributed by atoms with E-state index in [1.54, 1.807) is 19.2 Å². The van der Waals surface area contributed by atoms with Gasteiger partial charge in [0, 0.05) is 11.3 Å². The average Bonchev–Trinajstić information content (AvgIpc) is 2.80. The second kappa shape index (κ2) is 12.6. The number of allylic oxidation sites excluding steroid dienone is 1. The molecular weight excluding hydrogens is 386 g/mol. The Morgan fingerprint density at radius 3 is 2.39 bits per heavy atom. The van der Waals surface area contributed by atoms with E-state index in [0.29, 0.717) is 17.9 Å². The van der Waals surface area contributed by atoms with E-state index >= 15 is 0 Å². The smallest absolute Gasteiger partial charge is 0.168 e. The molecule has 0 unspecified atom stereocenters. The van der Waals surface area contributed by atoms with Gasteiger partial charge in [-0.25, -0.2) is 0 Å². The first-order valence-electron chi connectivity index (χ1n) is 10.2. The molecular formula is C26H29N3O2. The highest BCUT2D eigenvalue weighted by atomic mass is 16.5. The molecule has 0 aromatic heterocycles. The lowest BCUT2D eigenvalue weighted by Crippen LogP contribution is -1.99. The maximum Gasteiger partial charge on any atom is 0.168 e. The summed E-state index contributed by atoms with van der Waals surface area (Å²) in [6.45, 7) is 4.79. The molecule has 3 aromatic carbocycles. The summed E-state index contributed by atoms with van der Waals surface area (Å²) in [5.74, 6) is 1.62. The van der Waals surface area contributed by atoms with Crippen LogP contribution in [0.1, 0.15) is 31.4 Å². The van der Waals surface area contributed by atoms with E-state index in [1.807, 2.05) is 73.7 Å². The van der Waals surface area contributed by atoms with Crippen molar-refractivity contribution < 1.29 is 9.47 Å². The molecule has 0 atom stereocenters. The molecule has 31 heavy (non-hydrogen) atoms. The zero-order valence-corrected chi connectivity index (χ0v) is 18.3. The normalized spacial score (nSPS) is 10.0. The van der Waals surface area contributed by atoms with Crippen LogP contribution < -0.4 is 20.5 Å². The SMILES string of the molecule is C/C=C/c1cccc(OC)c1OCCC.N#Cc1ccc(Nc2ccccc2N)cc1. The number of benzene rings is 3. The van der Waals surface area contributed by atoms with Gasteiger partial charge in [-0.05, 0) is 55.8 Å². The maximum absolute atomic E-state index is 8.67. The van der Waals surface area contributed by atoms with E-state index in [-0.39, 0.29) is 0 Å². The zero-order valence-electron chi connectivity index (χ0n) is 18.3. The van der Waals surface area contributed by atoms with Crippen molar-refractivity contribution in [3.8, 4) is 17.6 Å². The molecule has 160 valence electrons. The van der Waals surface area contributed by atoms with E-state index in [1.165, 1.54) is 0 Å². The van der Waals surface area contributed by atoms with Gasteiger partial charge in [-0.1, -0.05) is 43.3 Å². The monoisotopic (exact) mass is 415 g/mol. The third-order valence-corrected chi connectivity index (χ3v) is 4.28. The molecule has 0 saturated carbocycles. The van der Waals surface area contributed by atoms with Gasteiger partial charge in [0.15, 0.2) is 11.5 Å². The van der Waals surface area contributed by atoms with E-state index in [9.17, 15) is 0 Å². The average molecular weight is 416 g/mol. The van der Waals surface area contributed by atoms with Crippen LogP contribution in [-0.2, 0) is 0 Å². The topological polar surface area (TPSA) is 80.3 Å². The van der Waals surface area contributed by atoms with Gasteiger partial charge in [0.2, 0.25) is 0 Å². The molecule has 0 fully saturated rings. The summed E-state index contributed by atoms with van der Waals surface area (Å²) in [7, 11) is 1.66. The number of rotatable bonds is 7. The lowest BCUT2D eigenvalue weighted by molar-refractivity contribution is 0.293. The van der Waals surface area contributed by atoms with E-state index in [2.05, 4.69) is 18.3 Å². The van der Waals surface area contributed by atoms with Gasteiger partial charge in [0.25, 0.3) is 0 Å². The number of nitrogen functional groups attached to an aromatic ring is 1. The number of nitriles is 1. The van der Waals surface area contributed by atoms with Crippen molar-refractivity contribution in [2.75, 3.05) is 24.8 Å². The molecule has 3 rings (SSSR count). The molecule has 5 heteroatoms. The van der Waals surface area contributed by atoms with Crippen molar-refractivity contribution in [2.45, 2.75) is 20.3 Å². The third-order valence-electron chi connectivity index (χ3n) is 4.28. The molecule has 0 heterocycles. The van der Waals surface area contributed by atoms with Crippen LogP contribution in [-0.4, -0.2) is 13.7 Å². The Kier molecular flexibility index (Phi) is 9.51. The number of nitrogens with zero attached hydrogens (tertiary/aromatic N) is 1. The predicted octanol–water partition coefficient (Wildman–Crippen LogP) is 6.40. The summed E-state index contributed by atoms with van der Waals surface area (Å²) in [6, 6.07) is 22.8.